The molecule has 0 bridgehead atoms. The van der Waals surface area contributed by atoms with E-state index >= 15 is 0 Å². The van der Waals surface area contributed by atoms with E-state index in [4.69, 9.17) is 5.73 Å². The van der Waals surface area contributed by atoms with Gasteiger partial charge in [0.25, 0.3) is 0 Å². The summed E-state index contributed by atoms with van der Waals surface area (Å²) in [6.45, 7) is 3.45. The molecule has 62 valence electrons. The first-order valence-electron chi connectivity index (χ1n) is 2.85. The molecule has 0 heterocycles. The van der Waals surface area contributed by atoms with Gasteiger partial charge in [-0.3, -0.25) is 0 Å². The number of nitrogens with two attached hydrogens (primary N) is 1. The fourth-order valence-corrected chi connectivity index (χ4v) is 0.414. The first kappa shape index (κ1) is 9.41. The molecule has 0 aliphatic rings. The van der Waals surface area contributed by atoms with Crippen molar-refractivity contribution in [3.8, 4) is 0 Å². The summed E-state index contributed by atoms with van der Waals surface area (Å²) in [5.74, 6) is 0. The maximum atomic E-state index is 10.3. The fraction of sp³-hybridized carbons (Fsp3) is 0.400. The van der Waals surface area contributed by atoms with Crippen LogP contribution in [-0.4, -0.2) is 24.2 Å². The number of amides is 2. The van der Waals surface area contributed by atoms with Gasteiger partial charge in [0.1, 0.15) is 6.61 Å². The van der Waals surface area contributed by atoms with Crippen molar-refractivity contribution in [2.24, 2.45) is 11.0 Å². The molecule has 0 atom stereocenters. The van der Waals surface area contributed by atoms with Gasteiger partial charge in [0.2, 0.25) is 0 Å². The zero-order valence-corrected chi connectivity index (χ0v) is 5.90. The highest BCUT2D eigenvalue weighted by atomic mass is 16.5. The molecule has 0 saturated heterocycles. The van der Waals surface area contributed by atoms with Crippen LogP contribution in [0.4, 0.5) is 4.79 Å². The number of hydrogen-bond donors (Lipinski definition) is 1. The van der Waals surface area contributed by atoms with Gasteiger partial charge in [0, 0.05) is 0 Å². The topological polar surface area (TPSA) is 85.0 Å². The second-order valence-electron chi connectivity index (χ2n) is 1.58. The molecule has 0 aliphatic heterocycles. The van der Waals surface area contributed by atoms with E-state index in [9.17, 15) is 9.70 Å². The van der Waals surface area contributed by atoms with Gasteiger partial charge < -0.3 is 10.5 Å². The van der Waals surface area contributed by atoms with Crippen molar-refractivity contribution in [2.75, 3.05) is 13.2 Å². The van der Waals surface area contributed by atoms with Gasteiger partial charge in [0.05, 0.1) is 18.1 Å². The van der Waals surface area contributed by atoms with Gasteiger partial charge in [-0.05, 0) is 0 Å². The minimum Gasteiger partial charge on any atom is -0.500 e. The highest BCUT2D eigenvalue weighted by Crippen LogP contribution is 1.87. The molecule has 11 heavy (non-hydrogen) atoms. The van der Waals surface area contributed by atoms with Crippen molar-refractivity contribution < 1.29 is 9.53 Å². The molecular formula is C5H9N3O3. The highest BCUT2D eigenvalue weighted by molar-refractivity contribution is 5.71. The van der Waals surface area contributed by atoms with E-state index in [-0.39, 0.29) is 13.2 Å². The summed E-state index contributed by atoms with van der Waals surface area (Å²) in [4.78, 5) is 20.1. The van der Waals surface area contributed by atoms with Crippen molar-refractivity contribution in [3.05, 3.63) is 17.7 Å². The molecule has 2 amide bonds. The largest absolute Gasteiger partial charge is 0.500 e. The van der Waals surface area contributed by atoms with Crippen LogP contribution in [0.2, 0.25) is 0 Å². The Hall–Kier alpha value is -1.59. The third kappa shape index (κ3) is 3.90. The summed E-state index contributed by atoms with van der Waals surface area (Å²) in [6, 6.07) is -0.896. The second kappa shape index (κ2) is 5.21. The lowest BCUT2D eigenvalue weighted by Crippen LogP contribution is -2.33. The molecule has 0 aromatic carbocycles. The average Bonchev–Trinajstić information content (AvgIpc) is 1.97. The Labute approximate surface area is 63.5 Å². The second-order valence-corrected chi connectivity index (χ2v) is 1.58. The van der Waals surface area contributed by atoms with E-state index < -0.39 is 6.03 Å². The third-order valence-corrected chi connectivity index (χ3v) is 0.892. The Morgan fingerprint density at radius 1 is 1.82 bits per heavy atom. The minimum atomic E-state index is -0.896. The monoisotopic (exact) mass is 159 g/mol. The lowest BCUT2D eigenvalue weighted by atomic mass is 10.6. The number of nitroso groups, excluding NO2 is 1. The van der Waals surface area contributed by atoms with E-state index in [0.717, 1.165) is 0 Å². The van der Waals surface area contributed by atoms with Gasteiger partial charge in [-0.15, -0.1) is 4.91 Å². The number of primary amides is 1. The first-order chi connectivity index (χ1) is 5.22. The van der Waals surface area contributed by atoms with Crippen LogP contribution in [0.15, 0.2) is 18.1 Å². The van der Waals surface area contributed by atoms with E-state index in [1.165, 1.54) is 6.26 Å². The molecule has 0 aliphatic carbocycles. The SMILES string of the molecule is C=COCCN(N=O)C(N)=O. The van der Waals surface area contributed by atoms with Crippen LogP contribution in [0.25, 0.3) is 0 Å². The summed E-state index contributed by atoms with van der Waals surface area (Å²) >= 11 is 0. The Bertz CT molecular complexity index is 159. The van der Waals surface area contributed by atoms with Gasteiger partial charge in [-0.25, -0.2) is 4.79 Å². The van der Waals surface area contributed by atoms with Gasteiger partial charge >= 0.3 is 6.03 Å². The standard InChI is InChI=1S/C5H9N3O3/c1-2-11-4-3-8(7-10)5(6)9/h2H,1,3-4H2,(H2,6,9). The van der Waals surface area contributed by atoms with Crippen LogP contribution in [0.1, 0.15) is 0 Å². The predicted octanol–water partition coefficient (Wildman–Crippen LogP) is 0.209. The quantitative estimate of drug-likeness (QED) is 0.269. The number of urea groups is 1. The molecule has 0 fully saturated rings. The summed E-state index contributed by atoms with van der Waals surface area (Å²) < 4.78 is 4.63. The van der Waals surface area contributed by atoms with E-state index in [2.05, 4.69) is 16.6 Å². The van der Waals surface area contributed by atoms with Gasteiger partial charge in [-0.1, -0.05) is 6.58 Å². The molecule has 0 saturated carbocycles. The van der Waals surface area contributed by atoms with E-state index in [1.807, 2.05) is 0 Å². The predicted molar refractivity (Wildman–Crippen MR) is 38.2 cm³/mol. The first-order valence-corrected chi connectivity index (χ1v) is 2.85. The number of hydrogen-bond acceptors (Lipinski definition) is 4. The van der Waals surface area contributed by atoms with Crippen molar-refractivity contribution in [1.29, 1.82) is 0 Å². The Morgan fingerprint density at radius 2 is 2.45 bits per heavy atom. The van der Waals surface area contributed by atoms with Gasteiger partial charge in [-0.2, -0.15) is 5.01 Å². The molecule has 2 N–H and O–H groups in total. The summed E-state index contributed by atoms with van der Waals surface area (Å²) in [6.07, 6.45) is 1.20. The van der Waals surface area contributed by atoms with Crippen LogP contribution in [0.3, 0.4) is 0 Å². The Morgan fingerprint density at radius 3 is 2.82 bits per heavy atom. The summed E-state index contributed by atoms with van der Waals surface area (Å²) in [5.41, 5.74) is 4.74. The van der Waals surface area contributed by atoms with Crippen molar-refractivity contribution in [2.45, 2.75) is 0 Å². The molecule has 0 spiro atoms. The Balaban J connectivity index is 3.60. The van der Waals surface area contributed by atoms with Crippen molar-refractivity contribution >= 4 is 6.03 Å². The number of rotatable bonds is 5. The maximum Gasteiger partial charge on any atom is 0.337 e. The van der Waals surface area contributed by atoms with Crippen LogP contribution in [0.5, 0.6) is 0 Å². The molecule has 0 aromatic heterocycles. The Kier molecular flexibility index (Phi) is 4.46. The average molecular weight is 159 g/mol. The summed E-state index contributed by atoms with van der Waals surface area (Å²) in [7, 11) is 0. The summed E-state index contributed by atoms with van der Waals surface area (Å²) in [5, 5.41) is 2.91. The number of carbonyl (C=O) groups excluding carboxylic acids is 1. The molecule has 0 aromatic rings. The number of carbonyl (C=O) groups is 1. The normalized spacial score (nSPS) is 8.36. The van der Waals surface area contributed by atoms with Crippen LogP contribution in [0, 0.1) is 4.91 Å². The molecule has 0 radical (unpaired) electrons. The lowest BCUT2D eigenvalue weighted by molar-refractivity contribution is 0.177. The number of ether oxygens (including phenoxy) is 1. The lowest BCUT2D eigenvalue weighted by Gasteiger charge is -2.08. The van der Waals surface area contributed by atoms with Crippen molar-refractivity contribution in [1.82, 2.24) is 5.01 Å². The smallest absolute Gasteiger partial charge is 0.337 e. The van der Waals surface area contributed by atoms with E-state index in [0.29, 0.717) is 5.01 Å². The molecular weight excluding hydrogens is 150 g/mol. The molecule has 6 heteroatoms. The van der Waals surface area contributed by atoms with Crippen LogP contribution >= 0.6 is 0 Å². The maximum absolute atomic E-state index is 10.3. The van der Waals surface area contributed by atoms with Crippen LogP contribution in [-0.2, 0) is 4.74 Å². The third-order valence-electron chi connectivity index (χ3n) is 0.892. The van der Waals surface area contributed by atoms with Gasteiger partial charge in [0.15, 0.2) is 0 Å². The molecule has 0 unspecified atom stereocenters. The zero-order valence-electron chi connectivity index (χ0n) is 5.90. The van der Waals surface area contributed by atoms with E-state index in [1.54, 1.807) is 0 Å². The zero-order chi connectivity index (χ0) is 8.69. The number of nitrogens with zero attached hydrogens (tertiary/aromatic N) is 2. The minimum absolute atomic E-state index is 0.0326. The molecule has 6 nitrogen and oxygen atoms in total. The fourth-order valence-electron chi connectivity index (χ4n) is 0.414. The molecule has 0 rings (SSSR count). The van der Waals surface area contributed by atoms with Crippen LogP contribution < -0.4 is 5.73 Å². The van der Waals surface area contributed by atoms with Crippen molar-refractivity contribution in [3.63, 3.8) is 0 Å². The highest BCUT2D eigenvalue weighted by Gasteiger charge is 2.07.